The summed E-state index contributed by atoms with van der Waals surface area (Å²) in [5, 5.41) is 0. The Balaban J connectivity index is 4.36. The fraction of sp³-hybridized carbons (Fsp3) is 0.222. The number of hydrogen-bond acceptors (Lipinski definition) is 1. The van der Waals surface area contributed by atoms with Crippen LogP contribution in [0.4, 0.5) is 0 Å². The molecule has 1 heteroatoms. The van der Waals surface area contributed by atoms with Gasteiger partial charge in [0, 0.05) is 6.08 Å². The number of allylic oxidation sites excluding steroid dienone is 2. The van der Waals surface area contributed by atoms with Crippen molar-refractivity contribution >= 4 is 6.29 Å². The first-order valence-corrected chi connectivity index (χ1v) is 3.01. The van der Waals surface area contributed by atoms with Crippen LogP contribution in [0.3, 0.4) is 0 Å². The number of carbonyl (C=O) groups excluding carboxylic acids is 1. The van der Waals surface area contributed by atoms with Crippen molar-refractivity contribution in [1.82, 2.24) is 0 Å². The quantitative estimate of drug-likeness (QED) is 0.318. The Kier molecular flexibility index (Phi) is 6.42. The minimum absolute atomic E-state index is 0.637. The second kappa shape index (κ2) is 7.53. The highest BCUT2D eigenvalue weighted by Crippen LogP contribution is 1.71. The van der Waals surface area contributed by atoms with Crippen LogP contribution in [-0.4, -0.2) is 6.29 Å². The zero-order valence-corrected chi connectivity index (χ0v) is 5.85. The summed E-state index contributed by atoms with van der Waals surface area (Å²) in [5.74, 6) is 0. The van der Waals surface area contributed by atoms with E-state index >= 15 is 0 Å². The Bertz CT molecular complexity index is 248. The van der Waals surface area contributed by atoms with E-state index in [-0.39, 0.29) is 0 Å². The van der Waals surface area contributed by atoms with Gasteiger partial charge in [-0.15, -0.1) is 0 Å². The van der Waals surface area contributed by atoms with Gasteiger partial charge < -0.3 is 0 Å². The maximum absolute atomic E-state index is 9.68. The van der Waals surface area contributed by atoms with Crippen molar-refractivity contribution < 1.29 is 4.79 Å². The molecule has 0 atom stereocenters. The molecular weight excluding hydrogens is 124 g/mol. The smallest absolute Gasteiger partial charge is 0.151 e. The van der Waals surface area contributed by atoms with Crippen LogP contribution in [0, 0.1) is 0 Å². The molecule has 0 aromatic rings. The molecule has 0 bridgehead atoms. The van der Waals surface area contributed by atoms with Crippen molar-refractivity contribution in [2.24, 2.45) is 0 Å². The summed E-state index contributed by atoms with van der Waals surface area (Å²) in [4.78, 5) is 9.68. The molecule has 0 aromatic heterocycles. The predicted molar refractivity (Wildman–Crippen MR) is 39.5 cm³/mol. The van der Waals surface area contributed by atoms with Gasteiger partial charge in [0.15, 0.2) is 6.29 Å². The summed E-state index contributed by atoms with van der Waals surface area (Å²) >= 11 is 0. The summed E-state index contributed by atoms with van der Waals surface area (Å²) in [5.41, 5.74) is 10.2. The molecule has 0 fully saturated rings. The highest BCUT2D eigenvalue weighted by Gasteiger charge is 1.53. The maximum atomic E-state index is 9.68. The van der Waals surface area contributed by atoms with Crippen molar-refractivity contribution in [2.75, 3.05) is 0 Å². The van der Waals surface area contributed by atoms with Crippen molar-refractivity contribution in [2.45, 2.75) is 13.3 Å². The van der Waals surface area contributed by atoms with Gasteiger partial charge in [0.25, 0.3) is 0 Å². The molecule has 0 spiro atoms. The standard InChI is InChI=1S/C9H8O/c1-2-3-4-5-6-7-8-9-10/h3,8-9H,2H2,1H3. The third-order valence-electron chi connectivity index (χ3n) is 0.664. The van der Waals surface area contributed by atoms with E-state index in [9.17, 15) is 4.79 Å². The van der Waals surface area contributed by atoms with Crippen LogP contribution in [0.15, 0.2) is 35.1 Å². The molecule has 0 N–H and O–H groups in total. The third kappa shape index (κ3) is 6.53. The summed E-state index contributed by atoms with van der Waals surface area (Å²) in [6.45, 7) is 2.00. The van der Waals surface area contributed by atoms with Gasteiger partial charge in [-0.3, -0.25) is 4.79 Å². The first-order chi connectivity index (χ1) is 4.91. The lowest BCUT2D eigenvalue weighted by molar-refractivity contribution is -0.104. The molecule has 50 valence electrons. The van der Waals surface area contributed by atoms with Gasteiger partial charge in [-0.25, -0.2) is 0 Å². The Morgan fingerprint density at radius 3 is 2.60 bits per heavy atom. The summed E-state index contributed by atoms with van der Waals surface area (Å²) in [7, 11) is 0. The van der Waals surface area contributed by atoms with Gasteiger partial charge in [-0.1, -0.05) is 18.4 Å². The lowest BCUT2D eigenvalue weighted by atomic mass is 10.5. The van der Waals surface area contributed by atoms with Crippen LogP contribution in [0.2, 0.25) is 0 Å². The first kappa shape index (κ1) is 8.53. The van der Waals surface area contributed by atoms with Gasteiger partial charge in [0.1, 0.15) is 0 Å². The van der Waals surface area contributed by atoms with E-state index in [1.54, 1.807) is 0 Å². The Labute approximate surface area is 60.4 Å². The zero-order chi connectivity index (χ0) is 7.66. The normalized spacial score (nSPS) is 5.70. The minimum Gasteiger partial charge on any atom is -0.298 e. The zero-order valence-electron chi connectivity index (χ0n) is 5.85. The number of carbonyl (C=O) groups is 1. The maximum Gasteiger partial charge on any atom is 0.151 e. The number of rotatable bonds is 2. The lowest BCUT2D eigenvalue weighted by Crippen LogP contribution is -1.48. The summed E-state index contributed by atoms with van der Waals surface area (Å²) < 4.78 is 0. The molecule has 0 aliphatic carbocycles. The lowest BCUT2D eigenvalue weighted by Gasteiger charge is -1.59. The van der Waals surface area contributed by atoms with Gasteiger partial charge in [0.05, 0.1) is 0 Å². The second-order valence-corrected chi connectivity index (χ2v) is 1.45. The largest absolute Gasteiger partial charge is 0.298 e. The van der Waals surface area contributed by atoms with E-state index < -0.39 is 0 Å². The highest BCUT2D eigenvalue weighted by molar-refractivity contribution is 5.64. The fourth-order valence-corrected chi connectivity index (χ4v) is 0.301. The molecule has 0 aromatic carbocycles. The molecule has 0 saturated carbocycles. The van der Waals surface area contributed by atoms with E-state index in [1.807, 2.05) is 13.0 Å². The topological polar surface area (TPSA) is 17.1 Å². The molecule has 0 saturated heterocycles. The van der Waals surface area contributed by atoms with Crippen LogP contribution in [-0.2, 0) is 4.79 Å². The Morgan fingerprint density at radius 2 is 2.00 bits per heavy atom. The molecule has 0 rings (SSSR count). The summed E-state index contributed by atoms with van der Waals surface area (Å²) in [6, 6.07) is 0. The predicted octanol–water partition coefficient (Wildman–Crippen LogP) is 1.77. The van der Waals surface area contributed by atoms with E-state index in [0.29, 0.717) is 6.29 Å². The van der Waals surface area contributed by atoms with Crippen LogP contribution in [0.5, 0.6) is 0 Å². The Morgan fingerprint density at radius 1 is 1.30 bits per heavy atom. The molecular formula is C9H8O. The number of hydrogen-bond donors (Lipinski definition) is 0. The molecule has 0 aliphatic heterocycles. The first-order valence-electron chi connectivity index (χ1n) is 3.01. The van der Waals surface area contributed by atoms with E-state index in [0.717, 1.165) is 6.42 Å². The van der Waals surface area contributed by atoms with Crippen molar-refractivity contribution in [3.63, 3.8) is 0 Å². The second-order valence-electron chi connectivity index (χ2n) is 1.45. The molecule has 0 heterocycles. The van der Waals surface area contributed by atoms with Crippen molar-refractivity contribution in [1.29, 1.82) is 0 Å². The van der Waals surface area contributed by atoms with E-state index in [4.69, 9.17) is 0 Å². The van der Waals surface area contributed by atoms with Gasteiger partial charge >= 0.3 is 0 Å². The van der Waals surface area contributed by atoms with Crippen molar-refractivity contribution in [3.8, 4) is 0 Å². The number of aldehydes is 1. The van der Waals surface area contributed by atoms with E-state index in [1.165, 1.54) is 6.08 Å². The van der Waals surface area contributed by atoms with E-state index in [2.05, 4.69) is 22.9 Å². The average molecular weight is 132 g/mol. The van der Waals surface area contributed by atoms with Crippen LogP contribution < -0.4 is 0 Å². The Hall–Kier alpha value is -1.47. The fourth-order valence-electron chi connectivity index (χ4n) is 0.301. The van der Waals surface area contributed by atoms with Gasteiger partial charge in [-0.2, -0.15) is 0 Å². The molecule has 0 radical (unpaired) electrons. The monoisotopic (exact) mass is 132 g/mol. The van der Waals surface area contributed by atoms with Crippen LogP contribution in [0.25, 0.3) is 0 Å². The molecule has 0 aliphatic rings. The van der Waals surface area contributed by atoms with Gasteiger partial charge in [0.2, 0.25) is 0 Å². The molecule has 0 unspecified atom stereocenters. The molecule has 10 heavy (non-hydrogen) atoms. The van der Waals surface area contributed by atoms with Crippen LogP contribution >= 0.6 is 0 Å². The minimum atomic E-state index is 0.637. The van der Waals surface area contributed by atoms with Gasteiger partial charge in [-0.05, 0) is 24.0 Å². The summed E-state index contributed by atoms with van der Waals surface area (Å²) in [6.07, 6.45) is 4.60. The average Bonchev–Trinajstić information content (AvgIpc) is 1.97. The SMILES string of the molecule is CCC=C=C=C=C=CC=O. The third-order valence-corrected chi connectivity index (χ3v) is 0.664. The highest BCUT2D eigenvalue weighted by atomic mass is 16.1. The van der Waals surface area contributed by atoms with Crippen LogP contribution in [0.1, 0.15) is 13.3 Å². The van der Waals surface area contributed by atoms with Crippen molar-refractivity contribution in [3.05, 3.63) is 35.1 Å². The molecule has 1 nitrogen and oxygen atoms in total. The molecule has 0 amide bonds.